The Morgan fingerprint density at radius 3 is 2.85 bits per heavy atom. The lowest BCUT2D eigenvalue weighted by Gasteiger charge is -2.14. The molecule has 1 aromatic rings. The van der Waals surface area contributed by atoms with E-state index in [1.807, 2.05) is 11.8 Å². The van der Waals surface area contributed by atoms with Gasteiger partial charge in [-0.1, -0.05) is 0 Å². The number of benzene rings is 1. The van der Waals surface area contributed by atoms with Gasteiger partial charge in [0.25, 0.3) is 5.91 Å². The first-order valence-electron chi connectivity index (χ1n) is 6.57. The first-order chi connectivity index (χ1) is 9.65. The van der Waals surface area contributed by atoms with Crippen molar-refractivity contribution in [2.75, 3.05) is 32.3 Å². The van der Waals surface area contributed by atoms with Crippen molar-refractivity contribution >= 4 is 23.4 Å². The van der Waals surface area contributed by atoms with Crippen molar-refractivity contribution in [2.45, 2.75) is 18.1 Å². The monoisotopic (exact) mass is 296 g/mol. The van der Waals surface area contributed by atoms with Gasteiger partial charge in [0.15, 0.2) is 0 Å². The van der Waals surface area contributed by atoms with E-state index in [1.165, 1.54) is 19.3 Å². The fourth-order valence-electron chi connectivity index (χ4n) is 2.18. The fraction of sp³-hybridized carbons (Fsp3) is 0.500. The molecule has 1 atom stereocenters. The molecule has 1 saturated heterocycles. The summed E-state index contributed by atoms with van der Waals surface area (Å²) in [6.45, 7) is 0.669. The third kappa shape index (κ3) is 3.30. The van der Waals surface area contributed by atoms with E-state index in [4.69, 9.17) is 15.2 Å². The average molecular weight is 296 g/mol. The Morgan fingerprint density at radius 2 is 2.25 bits per heavy atom. The van der Waals surface area contributed by atoms with E-state index in [9.17, 15) is 4.79 Å². The number of rotatable bonds is 5. The highest BCUT2D eigenvalue weighted by atomic mass is 32.2. The van der Waals surface area contributed by atoms with Gasteiger partial charge in [0, 0.05) is 17.9 Å². The van der Waals surface area contributed by atoms with E-state index < -0.39 is 0 Å². The molecule has 110 valence electrons. The first kappa shape index (κ1) is 14.8. The predicted octanol–water partition coefficient (Wildman–Crippen LogP) is 1.91. The van der Waals surface area contributed by atoms with Gasteiger partial charge < -0.3 is 20.5 Å². The standard InChI is InChI=1S/C14H20N2O3S/c1-18-9-6-11(13(15)12(7-9)19-2)14(17)16-8-10-4-3-5-20-10/h6-7,10H,3-5,8,15H2,1-2H3,(H,16,17). The fourth-order valence-corrected chi connectivity index (χ4v) is 3.38. The van der Waals surface area contributed by atoms with Crippen LogP contribution in [0.25, 0.3) is 0 Å². The molecule has 20 heavy (non-hydrogen) atoms. The molecule has 1 fully saturated rings. The van der Waals surface area contributed by atoms with Crippen LogP contribution in [-0.2, 0) is 0 Å². The second-order valence-electron chi connectivity index (χ2n) is 4.64. The summed E-state index contributed by atoms with van der Waals surface area (Å²) in [5.74, 6) is 1.99. The molecule has 0 aliphatic carbocycles. The Morgan fingerprint density at radius 1 is 1.45 bits per heavy atom. The van der Waals surface area contributed by atoms with Gasteiger partial charge in [0.1, 0.15) is 11.5 Å². The highest BCUT2D eigenvalue weighted by molar-refractivity contribution is 8.00. The van der Waals surface area contributed by atoms with Crippen molar-refractivity contribution in [1.82, 2.24) is 5.32 Å². The number of hydrogen-bond donors (Lipinski definition) is 2. The summed E-state index contributed by atoms with van der Waals surface area (Å²) in [5, 5.41) is 3.44. The molecule has 5 nitrogen and oxygen atoms in total. The molecule has 0 saturated carbocycles. The minimum atomic E-state index is -0.188. The van der Waals surface area contributed by atoms with E-state index in [0.717, 1.165) is 6.42 Å². The van der Waals surface area contributed by atoms with E-state index in [0.29, 0.717) is 34.5 Å². The van der Waals surface area contributed by atoms with Crippen LogP contribution in [0, 0.1) is 0 Å². The van der Waals surface area contributed by atoms with Crippen LogP contribution in [-0.4, -0.2) is 37.7 Å². The molecule has 1 aliphatic rings. The molecule has 1 heterocycles. The Kier molecular flexibility index (Phi) is 5.00. The highest BCUT2D eigenvalue weighted by Crippen LogP contribution is 2.31. The molecular weight excluding hydrogens is 276 g/mol. The Hall–Kier alpha value is -1.56. The molecule has 0 spiro atoms. The Bertz CT molecular complexity index is 488. The van der Waals surface area contributed by atoms with Crippen LogP contribution in [0.1, 0.15) is 23.2 Å². The summed E-state index contributed by atoms with van der Waals surface area (Å²) in [4.78, 5) is 12.2. The van der Waals surface area contributed by atoms with Crippen molar-refractivity contribution in [1.29, 1.82) is 0 Å². The number of nitrogens with two attached hydrogens (primary N) is 1. The molecule has 0 radical (unpaired) electrons. The summed E-state index contributed by atoms with van der Waals surface area (Å²) in [6, 6.07) is 3.30. The number of hydrogen-bond acceptors (Lipinski definition) is 5. The molecule has 1 unspecified atom stereocenters. The minimum Gasteiger partial charge on any atom is -0.497 e. The summed E-state index contributed by atoms with van der Waals surface area (Å²) >= 11 is 1.90. The lowest BCUT2D eigenvalue weighted by molar-refractivity contribution is 0.0954. The quantitative estimate of drug-likeness (QED) is 0.812. The van der Waals surface area contributed by atoms with Gasteiger partial charge in [-0.15, -0.1) is 0 Å². The zero-order chi connectivity index (χ0) is 14.5. The van der Waals surface area contributed by atoms with Crippen LogP contribution >= 0.6 is 11.8 Å². The van der Waals surface area contributed by atoms with E-state index in [2.05, 4.69) is 5.32 Å². The third-order valence-corrected chi connectivity index (χ3v) is 4.73. The Balaban J connectivity index is 2.11. The zero-order valence-corrected chi connectivity index (χ0v) is 12.6. The second-order valence-corrected chi connectivity index (χ2v) is 6.04. The number of carbonyl (C=O) groups is 1. The molecule has 2 rings (SSSR count). The number of nitrogens with one attached hydrogen (secondary N) is 1. The second kappa shape index (κ2) is 6.74. The summed E-state index contributed by atoms with van der Waals surface area (Å²) in [6.07, 6.45) is 2.38. The Labute approximate surface area is 123 Å². The van der Waals surface area contributed by atoms with Gasteiger partial charge in [-0.3, -0.25) is 4.79 Å². The molecule has 0 bridgehead atoms. The van der Waals surface area contributed by atoms with Crippen LogP contribution in [0.4, 0.5) is 5.69 Å². The lowest BCUT2D eigenvalue weighted by Crippen LogP contribution is -2.30. The largest absolute Gasteiger partial charge is 0.497 e. The summed E-state index contributed by atoms with van der Waals surface area (Å²) < 4.78 is 10.3. The van der Waals surface area contributed by atoms with Crippen LogP contribution in [0.15, 0.2) is 12.1 Å². The molecule has 1 amide bonds. The molecular formula is C14H20N2O3S. The predicted molar refractivity (Wildman–Crippen MR) is 81.8 cm³/mol. The third-order valence-electron chi connectivity index (χ3n) is 3.33. The maximum absolute atomic E-state index is 12.2. The van der Waals surface area contributed by atoms with E-state index in [-0.39, 0.29) is 5.91 Å². The van der Waals surface area contributed by atoms with Gasteiger partial charge in [-0.25, -0.2) is 0 Å². The van der Waals surface area contributed by atoms with Gasteiger partial charge in [-0.05, 0) is 24.7 Å². The van der Waals surface area contributed by atoms with Crippen molar-refractivity contribution < 1.29 is 14.3 Å². The number of ether oxygens (including phenoxy) is 2. The van der Waals surface area contributed by atoms with Gasteiger partial charge in [0.05, 0.1) is 25.5 Å². The smallest absolute Gasteiger partial charge is 0.253 e. The number of methoxy groups -OCH3 is 2. The number of anilines is 1. The highest BCUT2D eigenvalue weighted by Gasteiger charge is 2.19. The lowest BCUT2D eigenvalue weighted by atomic mass is 10.1. The van der Waals surface area contributed by atoms with E-state index >= 15 is 0 Å². The van der Waals surface area contributed by atoms with E-state index in [1.54, 1.807) is 19.2 Å². The van der Waals surface area contributed by atoms with Crippen LogP contribution in [0.2, 0.25) is 0 Å². The SMILES string of the molecule is COc1cc(OC)c(N)c(C(=O)NCC2CCCS2)c1. The van der Waals surface area contributed by atoms with Crippen LogP contribution < -0.4 is 20.5 Å². The van der Waals surface area contributed by atoms with Gasteiger partial charge in [-0.2, -0.15) is 11.8 Å². The molecule has 1 aromatic carbocycles. The number of thioether (sulfide) groups is 1. The van der Waals surface area contributed by atoms with Crippen LogP contribution in [0.3, 0.4) is 0 Å². The molecule has 0 aromatic heterocycles. The van der Waals surface area contributed by atoms with Crippen molar-refractivity contribution in [3.8, 4) is 11.5 Å². The first-order valence-corrected chi connectivity index (χ1v) is 7.62. The molecule has 1 aliphatic heterocycles. The topological polar surface area (TPSA) is 73.6 Å². The number of amides is 1. The van der Waals surface area contributed by atoms with Crippen molar-refractivity contribution in [2.24, 2.45) is 0 Å². The van der Waals surface area contributed by atoms with Crippen LogP contribution in [0.5, 0.6) is 11.5 Å². The zero-order valence-electron chi connectivity index (χ0n) is 11.8. The van der Waals surface area contributed by atoms with Gasteiger partial charge in [0.2, 0.25) is 0 Å². The summed E-state index contributed by atoms with van der Waals surface area (Å²) in [7, 11) is 3.06. The van der Waals surface area contributed by atoms with Gasteiger partial charge >= 0.3 is 0 Å². The minimum absolute atomic E-state index is 0.188. The maximum Gasteiger partial charge on any atom is 0.253 e. The normalized spacial score (nSPS) is 17.8. The molecule has 3 N–H and O–H groups in total. The molecule has 6 heteroatoms. The number of nitrogen functional groups attached to an aromatic ring is 1. The summed E-state index contributed by atoms with van der Waals surface area (Å²) in [5.41, 5.74) is 6.69. The maximum atomic E-state index is 12.2. The van der Waals surface area contributed by atoms with Crippen molar-refractivity contribution in [3.63, 3.8) is 0 Å². The van der Waals surface area contributed by atoms with Crippen molar-refractivity contribution in [3.05, 3.63) is 17.7 Å². The average Bonchev–Trinajstić information content (AvgIpc) is 2.98. The number of carbonyl (C=O) groups excluding carboxylic acids is 1.